The highest BCUT2D eigenvalue weighted by molar-refractivity contribution is 9.10. The summed E-state index contributed by atoms with van der Waals surface area (Å²) in [6, 6.07) is 8.59. The largest absolute Gasteiger partial charge is 0.496 e. The summed E-state index contributed by atoms with van der Waals surface area (Å²) in [6.07, 6.45) is 2.23. The van der Waals surface area contributed by atoms with Gasteiger partial charge in [-0.25, -0.2) is 0 Å². The van der Waals surface area contributed by atoms with E-state index < -0.39 is 0 Å². The smallest absolute Gasteiger partial charge is 0.123 e. The van der Waals surface area contributed by atoms with Crippen molar-refractivity contribution in [2.45, 2.75) is 18.9 Å². The van der Waals surface area contributed by atoms with Gasteiger partial charge in [0.25, 0.3) is 0 Å². The third-order valence-corrected chi connectivity index (χ3v) is 3.68. The highest BCUT2D eigenvalue weighted by atomic mass is 79.9. The topological polar surface area (TPSA) is 36.3 Å². The Labute approximate surface area is 110 Å². The Balaban J connectivity index is 2.32. The second-order valence-electron chi connectivity index (χ2n) is 4.17. The zero-order chi connectivity index (χ0) is 12.3. The molecule has 0 saturated carbocycles. The first-order valence-corrected chi connectivity index (χ1v) is 6.50. The Morgan fingerprint density at radius 1 is 1.59 bits per heavy atom. The molecule has 0 aromatic heterocycles. The van der Waals surface area contributed by atoms with Crippen LogP contribution >= 0.6 is 15.9 Å². The molecule has 90 valence electrons. The quantitative estimate of drug-likeness (QED) is 0.804. The average Bonchev–Trinajstić information content (AvgIpc) is 2.77. The van der Waals surface area contributed by atoms with Crippen LogP contribution in [0.25, 0.3) is 0 Å². The SMILES string of the molecule is COc1ccc(Br)cc1[C@H]1CCCN1CC#N. The van der Waals surface area contributed by atoms with Gasteiger partial charge >= 0.3 is 0 Å². The highest BCUT2D eigenvalue weighted by Crippen LogP contribution is 2.37. The van der Waals surface area contributed by atoms with Crippen LogP contribution in [0.2, 0.25) is 0 Å². The lowest BCUT2D eigenvalue weighted by Gasteiger charge is -2.23. The minimum Gasteiger partial charge on any atom is -0.496 e. The van der Waals surface area contributed by atoms with Crippen molar-refractivity contribution in [2.75, 3.05) is 20.2 Å². The average molecular weight is 295 g/mol. The number of hydrogen-bond acceptors (Lipinski definition) is 3. The number of nitrogens with zero attached hydrogens (tertiary/aromatic N) is 2. The minimum atomic E-state index is 0.307. The van der Waals surface area contributed by atoms with Gasteiger partial charge in [-0.1, -0.05) is 15.9 Å². The van der Waals surface area contributed by atoms with E-state index in [1.807, 2.05) is 12.1 Å². The summed E-state index contributed by atoms with van der Waals surface area (Å²) in [6.45, 7) is 1.48. The Kier molecular flexibility index (Phi) is 4.03. The third kappa shape index (κ3) is 2.62. The van der Waals surface area contributed by atoms with Gasteiger partial charge in [0.2, 0.25) is 0 Å². The van der Waals surface area contributed by atoms with Crippen molar-refractivity contribution >= 4 is 15.9 Å². The van der Waals surface area contributed by atoms with Crippen LogP contribution in [-0.4, -0.2) is 25.1 Å². The summed E-state index contributed by atoms with van der Waals surface area (Å²) < 4.78 is 6.46. The Morgan fingerprint density at radius 3 is 3.12 bits per heavy atom. The second-order valence-corrected chi connectivity index (χ2v) is 5.09. The van der Waals surface area contributed by atoms with Crippen molar-refractivity contribution in [3.63, 3.8) is 0 Å². The van der Waals surface area contributed by atoms with Crippen LogP contribution < -0.4 is 4.74 Å². The summed E-state index contributed by atoms with van der Waals surface area (Å²) in [5, 5.41) is 8.84. The van der Waals surface area contributed by atoms with Crippen molar-refractivity contribution in [3.8, 4) is 11.8 Å². The molecule has 0 aliphatic carbocycles. The zero-order valence-corrected chi connectivity index (χ0v) is 11.4. The highest BCUT2D eigenvalue weighted by Gasteiger charge is 2.28. The second kappa shape index (κ2) is 5.52. The predicted octanol–water partition coefficient (Wildman–Crippen LogP) is 3.12. The Hall–Kier alpha value is -1.05. The molecule has 1 aromatic carbocycles. The summed E-state index contributed by atoms with van der Waals surface area (Å²) in [4.78, 5) is 2.21. The molecule has 17 heavy (non-hydrogen) atoms. The van der Waals surface area contributed by atoms with Crippen LogP contribution in [0.15, 0.2) is 22.7 Å². The van der Waals surface area contributed by atoms with E-state index in [1.165, 1.54) is 5.56 Å². The van der Waals surface area contributed by atoms with Gasteiger partial charge in [-0.3, -0.25) is 4.90 Å². The van der Waals surface area contributed by atoms with Crippen molar-refractivity contribution in [1.29, 1.82) is 5.26 Å². The lowest BCUT2D eigenvalue weighted by Crippen LogP contribution is -2.23. The molecule has 0 unspecified atom stereocenters. The number of methoxy groups -OCH3 is 1. The summed E-state index contributed by atoms with van der Waals surface area (Å²) in [5.74, 6) is 0.906. The van der Waals surface area contributed by atoms with E-state index >= 15 is 0 Å². The first-order chi connectivity index (χ1) is 8.26. The van der Waals surface area contributed by atoms with Crippen LogP contribution in [0.4, 0.5) is 0 Å². The number of nitriles is 1. The molecule has 4 heteroatoms. The van der Waals surface area contributed by atoms with Crippen LogP contribution in [0, 0.1) is 11.3 Å². The molecular formula is C13H15BrN2O. The van der Waals surface area contributed by atoms with Crippen molar-refractivity contribution < 1.29 is 4.74 Å². The van der Waals surface area contributed by atoms with Gasteiger partial charge in [-0.05, 0) is 37.6 Å². The molecule has 0 spiro atoms. The molecule has 1 aliphatic rings. The standard InChI is InChI=1S/C13H15BrN2O/c1-17-13-5-4-10(14)9-11(13)12-3-2-7-16(12)8-6-15/h4-5,9,12H,2-3,7-8H2,1H3/t12-/m1/s1. The first-order valence-electron chi connectivity index (χ1n) is 5.70. The number of benzene rings is 1. The Bertz CT molecular complexity index is 442. The molecule has 1 fully saturated rings. The van der Waals surface area contributed by atoms with E-state index in [4.69, 9.17) is 10.00 Å². The maximum absolute atomic E-state index is 8.84. The maximum atomic E-state index is 8.84. The molecule has 0 radical (unpaired) electrons. The number of hydrogen-bond donors (Lipinski definition) is 0. The van der Waals surface area contributed by atoms with Gasteiger partial charge in [-0.15, -0.1) is 0 Å². The molecule has 0 N–H and O–H groups in total. The predicted molar refractivity (Wildman–Crippen MR) is 69.9 cm³/mol. The molecule has 0 amide bonds. The molecule has 1 saturated heterocycles. The van der Waals surface area contributed by atoms with Gasteiger partial charge in [-0.2, -0.15) is 5.26 Å². The number of halogens is 1. The van der Waals surface area contributed by atoms with Crippen molar-refractivity contribution in [1.82, 2.24) is 4.90 Å². The number of rotatable bonds is 3. The molecule has 2 rings (SSSR count). The lowest BCUT2D eigenvalue weighted by molar-refractivity contribution is 0.280. The van der Waals surface area contributed by atoms with Gasteiger partial charge in [0.1, 0.15) is 5.75 Å². The maximum Gasteiger partial charge on any atom is 0.123 e. The number of likely N-dealkylation sites (tertiary alicyclic amines) is 1. The van der Waals surface area contributed by atoms with E-state index in [-0.39, 0.29) is 0 Å². The number of ether oxygens (including phenoxy) is 1. The minimum absolute atomic E-state index is 0.307. The first kappa shape index (κ1) is 12.4. The summed E-state index contributed by atoms with van der Waals surface area (Å²) in [5.41, 5.74) is 1.18. The van der Waals surface area contributed by atoms with E-state index in [0.717, 1.165) is 29.6 Å². The van der Waals surface area contributed by atoms with Crippen LogP contribution in [0.1, 0.15) is 24.4 Å². The molecule has 1 heterocycles. The molecule has 1 aromatic rings. The van der Waals surface area contributed by atoms with E-state index in [0.29, 0.717) is 12.6 Å². The molecular weight excluding hydrogens is 280 g/mol. The van der Waals surface area contributed by atoms with E-state index in [2.05, 4.69) is 33.0 Å². The van der Waals surface area contributed by atoms with Crippen molar-refractivity contribution in [3.05, 3.63) is 28.2 Å². The van der Waals surface area contributed by atoms with Crippen molar-refractivity contribution in [2.24, 2.45) is 0 Å². The van der Waals surface area contributed by atoms with Gasteiger partial charge < -0.3 is 4.74 Å². The normalized spacial score (nSPS) is 20.2. The van der Waals surface area contributed by atoms with Crippen LogP contribution in [0.5, 0.6) is 5.75 Å². The van der Waals surface area contributed by atoms with Crippen LogP contribution in [0.3, 0.4) is 0 Å². The fourth-order valence-corrected chi connectivity index (χ4v) is 2.80. The van der Waals surface area contributed by atoms with Crippen LogP contribution in [-0.2, 0) is 0 Å². The zero-order valence-electron chi connectivity index (χ0n) is 9.82. The monoisotopic (exact) mass is 294 g/mol. The van der Waals surface area contributed by atoms with Gasteiger partial charge in [0.05, 0.1) is 19.7 Å². The molecule has 1 atom stereocenters. The fourth-order valence-electron chi connectivity index (χ4n) is 2.42. The lowest BCUT2D eigenvalue weighted by atomic mass is 10.0. The van der Waals surface area contributed by atoms with E-state index in [9.17, 15) is 0 Å². The van der Waals surface area contributed by atoms with Gasteiger partial charge in [0, 0.05) is 16.1 Å². The molecule has 3 nitrogen and oxygen atoms in total. The summed E-state index contributed by atoms with van der Waals surface area (Å²) >= 11 is 3.49. The Morgan fingerprint density at radius 2 is 2.41 bits per heavy atom. The fraction of sp³-hybridized carbons (Fsp3) is 0.462. The molecule has 0 bridgehead atoms. The summed E-state index contributed by atoms with van der Waals surface area (Å²) in [7, 11) is 1.69. The van der Waals surface area contributed by atoms with E-state index in [1.54, 1.807) is 7.11 Å². The molecule has 1 aliphatic heterocycles. The van der Waals surface area contributed by atoms with Gasteiger partial charge in [0.15, 0.2) is 0 Å². The third-order valence-electron chi connectivity index (χ3n) is 3.19.